The number of hydrogen-bond acceptors (Lipinski definition) is 7. The zero-order chi connectivity index (χ0) is 15.9. The van der Waals surface area contributed by atoms with Crippen LogP contribution in [-0.2, 0) is 19.4 Å². The molecule has 3 fully saturated rings. The maximum Gasteiger partial charge on any atom is 0.235 e. The molecule has 0 saturated carbocycles. The Morgan fingerprint density at radius 2 is 2.13 bits per heavy atom. The van der Waals surface area contributed by atoms with E-state index in [0.29, 0.717) is 25.6 Å². The molecule has 4 aliphatic heterocycles. The summed E-state index contributed by atoms with van der Waals surface area (Å²) in [5, 5.41) is 7.43. The number of likely N-dealkylation sites (tertiary alicyclic amines) is 1. The molecule has 7 nitrogen and oxygen atoms in total. The highest BCUT2D eigenvalue weighted by Crippen LogP contribution is 2.43. The van der Waals surface area contributed by atoms with Crippen LogP contribution in [0.25, 0.3) is 0 Å². The highest BCUT2D eigenvalue weighted by atomic mass is 32.2. The Morgan fingerprint density at radius 1 is 1.30 bits per heavy atom. The second-order valence-electron chi connectivity index (χ2n) is 7.33. The van der Waals surface area contributed by atoms with Gasteiger partial charge < -0.3 is 14.9 Å². The molecule has 4 rings (SSSR count). The van der Waals surface area contributed by atoms with E-state index < -0.39 is 15.3 Å². The largest absolute Gasteiger partial charge is 0.470 e. The number of sulfone groups is 1. The van der Waals surface area contributed by atoms with Crippen molar-refractivity contribution in [3.63, 3.8) is 0 Å². The quantitative estimate of drug-likeness (QED) is 0.767. The van der Waals surface area contributed by atoms with E-state index in [9.17, 15) is 8.42 Å². The first kappa shape index (κ1) is 15.7. The van der Waals surface area contributed by atoms with Crippen molar-refractivity contribution in [2.75, 3.05) is 50.8 Å². The van der Waals surface area contributed by atoms with E-state index in [4.69, 9.17) is 9.57 Å². The third-order valence-corrected chi connectivity index (χ3v) is 7.43. The van der Waals surface area contributed by atoms with Gasteiger partial charge >= 0.3 is 0 Å². The predicted molar refractivity (Wildman–Crippen MR) is 86.0 cm³/mol. The molecule has 4 aliphatic rings. The normalized spacial score (nSPS) is 40.1. The van der Waals surface area contributed by atoms with Crippen LogP contribution >= 0.6 is 0 Å². The molecule has 1 N–H and O–H groups in total. The summed E-state index contributed by atoms with van der Waals surface area (Å²) in [7, 11) is -3.02. The van der Waals surface area contributed by atoms with Crippen LogP contribution in [0.4, 0.5) is 0 Å². The third kappa shape index (κ3) is 2.96. The Hall–Kier alpha value is -0.860. The van der Waals surface area contributed by atoms with Crippen LogP contribution in [0, 0.1) is 11.3 Å². The van der Waals surface area contributed by atoms with Gasteiger partial charge in [-0.1, -0.05) is 11.6 Å². The van der Waals surface area contributed by atoms with Crippen molar-refractivity contribution >= 4 is 15.7 Å². The van der Waals surface area contributed by atoms with Gasteiger partial charge in [0, 0.05) is 25.6 Å². The summed E-state index contributed by atoms with van der Waals surface area (Å²) in [6.07, 6.45) is 3.73. The minimum absolute atomic E-state index is 0.0450. The molecule has 0 aromatic heterocycles. The fourth-order valence-electron chi connectivity index (χ4n) is 4.39. The molecule has 0 aromatic rings. The van der Waals surface area contributed by atoms with E-state index in [0.717, 1.165) is 19.6 Å². The van der Waals surface area contributed by atoms with Crippen molar-refractivity contribution in [3.8, 4) is 0 Å². The summed E-state index contributed by atoms with van der Waals surface area (Å²) < 4.78 is 30.4. The molecule has 0 aliphatic carbocycles. The molecule has 8 heteroatoms. The monoisotopic (exact) mass is 343 g/mol. The smallest absolute Gasteiger partial charge is 0.235 e. The molecule has 0 bridgehead atoms. The van der Waals surface area contributed by atoms with E-state index in [-0.39, 0.29) is 23.5 Å². The molecule has 4 heterocycles. The summed E-state index contributed by atoms with van der Waals surface area (Å²) in [5.41, 5.74) is -0.528. The van der Waals surface area contributed by atoms with Gasteiger partial charge in [0.1, 0.15) is 6.10 Å². The van der Waals surface area contributed by atoms with Gasteiger partial charge in [-0.05, 0) is 25.9 Å². The lowest BCUT2D eigenvalue weighted by atomic mass is 9.80. The number of nitrogens with one attached hydrogen (secondary N) is 1. The Bertz CT molecular complexity index is 588. The summed E-state index contributed by atoms with van der Waals surface area (Å²) in [6.45, 7) is 4.81. The molecule has 3 saturated heterocycles. The first-order valence-electron chi connectivity index (χ1n) is 8.58. The molecule has 0 spiro atoms. The standard InChI is InChI=1S/C15H25N3O4S/c19-23(20)9-12-6-16-10-15(12,11-23)14-17-21-8-13(22-14)7-18-4-2-1-3-5-18/h12-13,16H,1-11H2/t12-,13?,15+/m1/s1. The Morgan fingerprint density at radius 3 is 2.96 bits per heavy atom. The highest BCUT2D eigenvalue weighted by molar-refractivity contribution is 7.91. The van der Waals surface area contributed by atoms with Gasteiger partial charge in [-0.25, -0.2) is 8.42 Å². The molecule has 3 atom stereocenters. The molecule has 1 unspecified atom stereocenters. The fraction of sp³-hybridized carbons (Fsp3) is 0.933. The Balaban J connectivity index is 1.47. The second-order valence-corrected chi connectivity index (χ2v) is 9.44. The molecular formula is C15H25N3O4S. The zero-order valence-electron chi connectivity index (χ0n) is 13.4. The average Bonchev–Trinajstić information content (AvgIpc) is 3.02. The Kier molecular flexibility index (Phi) is 4.01. The predicted octanol–water partition coefficient (Wildman–Crippen LogP) is -0.165. The van der Waals surface area contributed by atoms with Crippen LogP contribution in [0.1, 0.15) is 19.3 Å². The minimum atomic E-state index is -3.02. The number of rotatable bonds is 3. The second kappa shape index (κ2) is 5.89. The maximum atomic E-state index is 12.1. The van der Waals surface area contributed by atoms with Crippen molar-refractivity contribution in [1.82, 2.24) is 10.2 Å². The van der Waals surface area contributed by atoms with Gasteiger partial charge in [-0.3, -0.25) is 4.90 Å². The lowest BCUT2D eigenvalue weighted by Gasteiger charge is -2.36. The topological polar surface area (TPSA) is 80.2 Å². The first-order valence-corrected chi connectivity index (χ1v) is 10.4. The first-order chi connectivity index (χ1) is 11.1. The molecule has 0 amide bonds. The van der Waals surface area contributed by atoms with Gasteiger partial charge in [0.2, 0.25) is 5.90 Å². The molecule has 0 aromatic carbocycles. The molecule has 23 heavy (non-hydrogen) atoms. The van der Waals surface area contributed by atoms with Crippen LogP contribution in [0.2, 0.25) is 0 Å². The summed E-state index contributed by atoms with van der Waals surface area (Å²) in [5.74, 6) is 0.889. The molecule has 130 valence electrons. The van der Waals surface area contributed by atoms with Crippen LogP contribution < -0.4 is 5.32 Å². The average molecular weight is 343 g/mol. The number of oxime groups is 1. The third-order valence-electron chi connectivity index (χ3n) is 5.57. The Labute approximate surface area is 137 Å². The van der Waals surface area contributed by atoms with Crippen molar-refractivity contribution in [1.29, 1.82) is 0 Å². The molecule has 0 radical (unpaired) electrons. The van der Waals surface area contributed by atoms with E-state index in [1.165, 1.54) is 19.3 Å². The summed E-state index contributed by atoms with van der Waals surface area (Å²) >= 11 is 0. The van der Waals surface area contributed by atoms with E-state index in [1.54, 1.807) is 0 Å². The van der Waals surface area contributed by atoms with Crippen LogP contribution in [-0.4, -0.2) is 76.2 Å². The van der Waals surface area contributed by atoms with Crippen molar-refractivity contribution in [2.45, 2.75) is 25.4 Å². The van der Waals surface area contributed by atoms with Gasteiger partial charge in [0.25, 0.3) is 0 Å². The lowest BCUT2D eigenvalue weighted by Crippen LogP contribution is -2.48. The zero-order valence-corrected chi connectivity index (χ0v) is 14.2. The van der Waals surface area contributed by atoms with Gasteiger partial charge in [0.05, 0.1) is 16.9 Å². The minimum Gasteiger partial charge on any atom is -0.470 e. The number of ether oxygens (including phenoxy) is 1. The molecular weight excluding hydrogens is 318 g/mol. The van der Waals surface area contributed by atoms with Crippen molar-refractivity contribution in [3.05, 3.63) is 0 Å². The van der Waals surface area contributed by atoms with E-state index in [1.807, 2.05) is 0 Å². The van der Waals surface area contributed by atoms with Crippen molar-refractivity contribution < 1.29 is 18.0 Å². The highest BCUT2D eigenvalue weighted by Gasteiger charge is 2.58. The van der Waals surface area contributed by atoms with E-state index in [2.05, 4.69) is 15.4 Å². The fourth-order valence-corrected chi connectivity index (χ4v) is 6.80. The van der Waals surface area contributed by atoms with Crippen molar-refractivity contribution in [2.24, 2.45) is 16.5 Å². The lowest BCUT2D eigenvalue weighted by molar-refractivity contribution is -0.0209. The van der Waals surface area contributed by atoms with E-state index >= 15 is 0 Å². The number of hydrogen-bond donors (Lipinski definition) is 1. The number of fused-ring (bicyclic) bond motifs is 1. The number of nitrogens with zero attached hydrogens (tertiary/aromatic N) is 2. The number of piperidine rings is 1. The van der Waals surface area contributed by atoms with Crippen LogP contribution in [0.5, 0.6) is 0 Å². The van der Waals surface area contributed by atoms with Gasteiger partial charge in [-0.2, -0.15) is 0 Å². The van der Waals surface area contributed by atoms with Crippen LogP contribution in [0.15, 0.2) is 5.16 Å². The maximum absolute atomic E-state index is 12.1. The SMILES string of the molecule is O=S1(=O)C[C@H]2CNC[C@]2(C2=NOCC(CN3CCCCC3)O2)C1. The van der Waals surface area contributed by atoms with Crippen LogP contribution in [0.3, 0.4) is 0 Å². The summed E-state index contributed by atoms with van der Waals surface area (Å²) in [4.78, 5) is 7.84. The van der Waals surface area contributed by atoms with Gasteiger partial charge in [-0.15, -0.1) is 0 Å². The summed E-state index contributed by atoms with van der Waals surface area (Å²) in [6, 6.07) is 0. The van der Waals surface area contributed by atoms with Gasteiger partial charge in [0.15, 0.2) is 16.4 Å².